The van der Waals surface area contributed by atoms with Crippen LogP contribution in [-0.4, -0.2) is 33.3 Å². The van der Waals surface area contributed by atoms with Crippen LogP contribution in [0.4, 0.5) is 5.69 Å². The maximum atomic E-state index is 6.70. The molecule has 4 heteroatoms. The fourth-order valence-corrected chi connectivity index (χ4v) is 3.74. The van der Waals surface area contributed by atoms with Crippen LogP contribution in [0.15, 0.2) is 54.6 Å². The summed E-state index contributed by atoms with van der Waals surface area (Å²) >= 11 is 6.70. The lowest BCUT2D eigenvalue weighted by Gasteiger charge is -2.29. The van der Waals surface area contributed by atoms with Crippen molar-refractivity contribution >= 4 is 28.1 Å². The van der Waals surface area contributed by atoms with Gasteiger partial charge in [0.2, 0.25) is 0 Å². The topological polar surface area (TPSA) is 24.5 Å². The largest absolute Gasteiger partial charge is 0.497 e. The molecule has 0 spiro atoms. The van der Waals surface area contributed by atoms with Gasteiger partial charge in [-0.15, -0.1) is 0 Å². The third-order valence-electron chi connectivity index (χ3n) is 4.80. The summed E-state index contributed by atoms with van der Waals surface area (Å²) in [4.78, 5) is 2.37. The van der Waals surface area contributed by atoms with E-state index in [1.165, 1.54) is 11.1 Å². The first kappa shape index (κ1) is 16.2. The van der Waals surface area contributed by atoms with E-state index in [0.29, 0.717) is 0 Å². The van der Waals surface area contributed by atoms with Crippen LogP contribution in [0, 0.1) is 0 Å². The van der Waals surface area contributed by atoms with Gasteiger partial charge in [0.05, 0.1) is 12.1 Å². The second-order valence-corrected chi connectivity index (χ2v) is 6.70. The highest BCUT2D eigenvalue weighted by molar-refractivity contribution is 6.34. The number of nitrogens with one attached hydrogen (secondary N) is 1. The molecular weight excluding hydrogens is 332 g/mol. The number of hydrogen-bond donors (Lipinski definition) is 1. The lowest BCUT2D eigenvalue weighted by Crippen LogP contribution is -2.43. The fourth-order valence-electron chi connectivity index (χ4n) is 3.47. The number of rotatable bonds is 3. The molecule has 1 heterocycles. The number of methoxy groups -OCH3 is 1. The second-order valence-electron chi connectivity index (χ2n) is 6.30. The monoisotopic (exact) mass is 352 g/mol. The first-order valence-corrected chi connectivity index (χ1v) is 8.96. The Hall–Kier alpha value is -2.23. The summed E-state index contributed by atoms with van der Waals surface area (Å²) in [6.07, 6.45) is 0. The van der Waals surface area contributed by atoms with Gasteiger partial charge in [-0.1, -0.05) is 41.9 Å². The van der Waals surface area contributed by atoms with Gasteiger partial charge in [-0.3, -0.25) is 0 Å². The van der Waals surface area contributed by atoms with Crippen molar-refractivity contribution in [1.29, 1.82) is 0 Å². The van der Waals surface area contributed by atoms with Crippen LogP contribution in [0.1, 0.15) is 0 Å². The number of anilines is 1. The Bertz CT molecular complexity index is 904. The van der Waals surface area contributed by atoms with Crippen molar-refractivity contribution in [2.45, 2.75) is 0 Å². The van der Waals surface area contributed by atoms with Gasteiger partial charge in [-0.25, -0.2) is 0 Å². The molecule has 3 nitrogen and oxygen atoms in total. The highest BCUT2D eigenvalue weighted by atomic mass is 35.5. The van der Waals surface area contributed by atoms with E-state index in [9.17, 15) is 0 Å². The normalized spacial score (nSPS) is 14.7. The van der Waals surface area contributed by atoms with E-state index in [1.807, 2.05) is 6.07 Å². The average molecular weight is 353 g/mol. The molecule has 0 saturated carbocycles. The molecule has 3 aromatic rings. The summed E-state index contributed by atoms with van der Waals surface area (Å²) in [6, 6.07) is 18.8. The molecule has 1 fully saturated rings. The predicted octanol–water partition coefficient (Wildman–Crippen LogP) is 4.58. The van der Waals surface area contributed by atoms with Crippen LogP contribution in [0.2, 0.25) is 5.02 Å². The van der Waals surface area contributed by atoms with Crippen LogP contribution in [0.3, 0.4) is 0 Å². The van der Waals surface area contributed by atoms with E-state index in [-0.39, 0.29) is 0 Å². The summed E-state index contributed by atoms with van der Waals surface area (Å²) in [5, 5.41) is 6.49. The molecule has 1 aliphatic rings. The molecule has 0 bridgehead atoms. The minimum atomic E-state index is 0.773. The minimum Gasteiger partial charge on any atom is -0.497 e. The zero-order valence-electron chi connectivity index (χ0n) is 14.3. The zero-order valence-corrected chi connectivity index (χ0v) is 15.0. The summed E-state index contributed by atoms with van der Waals surface area (Å²) in [5.41, 5.74) is 3.32. The van der Waals surface area contributed by atoms with Gasteiger partial charge in [0, 0.05) is 37.4 Å². The van der Waals surface area contributed by atoms with Crippen LogP contribution in [-0.2, 0) is 0 Å². The fraction of sp³-hybridized carbons (Fsp3) is 0.238. The number of ether oxygens (including phenoxy) is 1. The Morgan fingerprint density at radius 3 is 2.52 bits per heavy atom. The highest BCUT2D eigenvalue weighted by Crippen LogP contribution is 2.38. The smallest absolute Gasteiger partial charge is 0.120 e. The molecule has 0 radical (unpaired) electrons. The summed E-state index contributed by atoms with van der Waals surface area (Å²) in [5.74, 6) is 0.843. The third kappa shape index (κ3) is 3.17. The second kappa shape index (κ2) is 6.95. The SMILES string of the molecule is COc1cc(-c2ccc(N3CCNCC3)cc2Cl)c2ccccc2c1. The van der Waals surface area contributed by atoms with Crippen LogP contribution >= 0.6 is 11.6 Å². The number of piperazine rings is 1. The predicted molar refractivity (Wildman–Crippen MR) is 106 cm³/mol. The molecule has 1 saturated heterocycles. The van der Waals surface area contributed by atoms with Gasteiger partial charge < -0.3 is 15.0 Å². The summed E-state index contributed by atoms with van der Waals surface area (Å²) < 4.78 is 5.48. The first-order chi connectivity index (χ1) is 12.3. The Labute approximate surface area is 153 Å². The molecule has 1 aliphatic heterocycles. The van der Waals surface area contributed by atoms with Crippen molar-refractivity contribution in [1.82, 2.24) is 5.32 Å². The van der Waals surface area contributed by atoms with E-state index in [2.05, 4.69) is 58.7 Å². The van der Waals surface area contributed by atoms with Gasteiger partial charge in [0.1, 0.15) is 5.75 Å². The molecule has 25 heavy (non-hydrogen) atoms. The average Bonchev–Trinajstić information content (AvgIpc) is 2.68. The van der Waals surface area contributed by atoms with Crippen molar-refractivity contribution < 1.29 is 4.74 Å². The van der Waals surface area contributed by atoms with Gasteiger partial charge in [-0.2, -0.15) is 0 Å². The number of halogens is 1. The molecule has 0 amide bonds. The van der Waals surface area contributed by atoms with E-state index in [4.69, 9.17) is 16.3 Å². The van der Waals surface area contributed by atoms with Crippen LogP contribution in [0.5, 0.6) is 5.75 Å². The Morgan fingerprint density at radius 2 is 1.76 bits per heavy atom. The van der Waals surface area contributed by atoms with E-state index >= 15 is 0 Å². The van der Waals surface area contributed by atoms with Gasteiger partial charge in [0.15, 0.2) is 0 Å². The number of fused-ring (bicyclic) bond motifs is 1. The van der Waals surface area contributed by atoms with Gasteiger partial charge in [-0.05, 0) is 40.6 Å². The zero-order chi connectivity index (χ0) is 17.2. The molecule has 0 aromatic heterocycles. The van der Waals surface area contributed by atoms with E-state index in [1.54, 1.807) is 7.11 Å². The molecule has 4 rings (SSSR count). The molecule has 0 unspecified atom stereocenters. The first-order valence-electron chi connectivity index (χ1n) is 8.58. The molecular formula is C21H21ClN2O. The van der Waals surface area contributed by atoms with Crippen LogP contribution in [0.25, 0.3) is 21.9 Å². The van der Waals surface area contributed by atoms with Crippen molar-refractivity contribution in [3.8, 4) is 16.9 Å². The Balaban J connectivity index is 1.80. The molecule has 128 valence electrons. The van der Waals surface area contributed by atoms with E-state index in [0.717, 1.165) is 53.5 Å². The number of benzene rings is 3. The maximum Gasteiger partial charge on any atom is 0.120 e. The molecule has 3 aromatic carbocycles. The third-order valence-corrected chi connectivity index (χ3v) is 5.11. The molecule has 0 atom stereocenters. The number of nitrogens with zero attached hydrogens (tertiary/aromatic N) is 1. The quantitative estimate of drug-likeness (QED) is 0.746. The van der Waals surface area contributed by atoms with Gasteiger partial charge >= 0.3 is 0 Å². The highest BCUT2D eigenvalue weighted by Gasteiger charge is 2.14. The maximum absolute atomic E-state index is 6.70. The summed E-state index contributed by atoms with van der Waals surface area (Å²) in [7, 11) is 1.70. The van der Waals surface area contributed by atoms with Crippen molar-refractivity contribution in [2.24, 2.45) is 0 Å². The van der Waals surface area contributed by atoms with Crippen molar-refractivity contribution in [3.63, 3.8) is 0 Å². The summed E-state index contributed by atoms with van der Waals surface area (Å²) in [6.45, 7) is 4.05. The van der Waals surface area contributed by atoms with Crippen molar-refractivity contribution in [2.75, 3.05) is 38.2 Å². The lowest BCUT2D eigenvalue weighted by molar-refractivity contribution is 0.415. The van der Waals surface area contributed by atoms with Crippen molar-refractivity contribution in [3.05, 3.63) is 59.6 Å². The Morgan fingerprint density at radius 1 is 0.960 bits per heavy atom. The van der Waals surface area contributed by atoms with Crippen LogP contribution < -0.4 is 15.0 Å². The number of hydrogen-bond acceptors (Lipinski definition) is 3. The Kier molecular flexibility index (Phi) is 4.51. The standard InChI is InChI=1S/C21H21ClN2O/c1-25-17-12-15-4-2-3-5-18(15)20(14-17)19-7-6-16(13-21(19)22)24-10-8-23-9-11-24/h2-7,12-14,23H,8-11H2,1H3. The lowest BCUT2D eigenvalue weighted by atomic mass is 9.97. The minimum absolute atomic E-state index is 0.773. The van der Waals surface area contributed by atoms with Gasteiger partial charge in [0.25, 0.3) is 0 Å². The molecule has 1 N–H and O–H groups in total. The van der Waals surface area contributed by atoms with E-state index < -0.39 is 0 Å². The molecule has 0 aliphatic carbocycles.